The van der Waals surface area contributed by atoms with Gasteiger partial charge in [-0.2, -0.15) is 4.31 Å². The summed E-state index contributed by atoms with van der Waals surface area (Å²) in [5.41, 5.74) is 2.58. The largest absolute Gasteiger partial charge is 0.379 e. The lowest BCUT2D eigenvalue weighted by molar-refractivity contribution is -0.119. The summed E-state index contributed by atoms with van der Waals surface area (Å²) in [6.45, 7) is 3.25. The minimum absolute atomic E-state index is 0.0622. The standard InChI is InChI=1S/C23H31N3O6S2/c1-19-5-7-20(8-6-19)4-3-13-24-23(27)18-26(33(2,28)29)21-9-11-22(12-10-21)34(30,31)25-14-16-32-17-15-25/h5-12H,3-4,13-18H2,1-2H3,(H,24,27). The fourth-order valence-corrected chi connectivity index (χ4v) is 5.85. The van der Waals surface area contributed by atoms with E-state index in [1.807, 2.05) is 31.2 Å². The van der Waals surface area contributed by atoms with Gasteiger partial charge in [-0.25, -0.2) is 16.8 Å². The molecule has 1 aliphatic rings. The highest BCUT2D eigenvalue weighted by Gasteiger charge is 2.27. The van der Waals surface area contributed by atoms with Gasteiger partial charge in [0.05, 0.1) is 30.1 Å². The Kier molecular flexibility index (Phi) is 8.69. The average molecular weight is 510 g/mol. The fourth-order valence-electron chi connectivity index (χ4n) is 3.58. The van der Waals surface area contributed by atoms with Crippen molar-refractivity contribution in [3.63, 3.8) is 0 Å². The van der Waals surface area contributed by atoms with Crippen molar-refractivity contribution in [3.05, 3.63) is 59.7 Å². The smallest absolute Gasteiger partial charge is 0.243 e. The zero-order chi connectivity index (χ0) is 24.8. The van der Waals surface area contributed by atoms with Crippen LogP contribution in [-0.2, 0) is 36.0 Å². The Bertz CT molecular complexity index is 1170. The molecule has 2 aromatic carbocycles. The molecular formula is C23H31N3O6S2. The molecule has 1 fully saturated rings. The lowest BCUT2D eigenvalue weighted by atomic mass is 10.1. The maximum Gasteiger partial charge on any atom is 0.243 e. The Labute approximate surface area is 201 Å². The predicted octanol–water partition coefficient (Wildman–Crippen LogP) is 1.53. The van der Waals surface area contributed by atoms with Crippen molar-refractivity contribution in [2.75, 3.05) is 50.0 Å². The first-order valence-corrected chi connectivity index (χ1v) is 14.3. The molecule has 0 atom stereocenters. The number of amides is 1. The van der Waals surface area contributed by atoms with E-state index in [1.165, 1.54) is 39.7 Å². The number of carbonyl (C=O) groups excluding carboxylic acids is 1. The van der Waals surface area contributed by atoms with Crippen molar-refractivity contribution in [2.24, 2.45) is 0 Å². The number of carbonyl (C=O) groups is 1. The molecule has 0 aromatic heterocycles. The van der Waals surface area contributed by atoms with Crippen LogP contribution < -0.4 is 9.62 Å². The summed E-state index contributed by atoms with van der Waals surface area (Å²) in [5.74, 6) is -0.431. The van der Waals surface area contributed by atoms with E-state index in [1.54, 1.807) is 0 Å². The van der Waals surface area contributed by atoms with E-state index in [0.717, 1.165) is 23.4 Å². The van der Waals surface area contributed by atoms with Crippen LogP contribution in [0.3, 0.4) is 0 Å². The number of rotatable bonds is 10. The summed E-state index contributed by atoms with van der Waals surface area (Å²) in [6, 6.07) is 13.7. The van der Waals surface area contributed by atoms with E-state index in [2.05, 4.69) is 5.32 Å². The quantitative estimate of drug-likeness (QED) is 0.486. The summed E-state index contributed by atoms with van der Waals surface area (Å²) in [7, 11) is -7.46. The van der Waals surface area contributed by atoms with Crippen LogP contribution in [0.2, 0.25) is 0 Å². The maximum absolute atomic E-state index is 12.8. The molecule has 0 bridgehead atoms. The first kappa shape index (κ1) is 26.1. The highest BCUT2D eigenvalue weighted by molar-refractivity contribution is 7.92. The summed E-state index contributed by atoms with van der Waals surface area (Å²) in [4.78, 5) is 12.5. The number of sulfonamides is 2. The number of morpholine rings is 1. The number of hydrogen-bond acceptors (Lipinski definition) is 6. The van der Waals surface area contributed by atoms with Crippen LogP contribution in [0.15, 0.2) is 53.4 Å². The SMILES string of the molecule is Cc1ccc(CCCNC(=O)CN(c2ccc(S(=O)(=O)N3CCOCC3)cc2)S(C)(=O)=O)cc1. The summed E-state index contributed by atoms with van der Waals surface area (Å²) >= 11 is 0. The Morgan fingerprint density at radius 1 is 1.00 bits per heavy atom. The maximum atomic E-state index is 12.8. The van der Waals surface area contributed by atoms with Gasteiger partial charge in [0.25, 0.3) is 0 Å². The van der Waals surface area contributed by atoms with Gasteiger partial charge in [0.2, 0.25) is 26.0 Å². The van der Waals surface area contributed by atoms with Gasteiger partial charge in [-0.1, -0.05) is 29.8 Å². The molecule has 3 rings (SSSR count). The number of aryl methyl sites for hydroxylation is 2. The first-order valence-electron chi connectivity index (χ1n) is 11.1. The second-order valence-electron chi connectivity index (χ2n) is 8.22. The lowest BCUT2D eigenvalue weighted by Gasteiger charge is -2.26. The Morgan fingerprint density at radius 2 is 1.62 bits per heavy atom. The fraction of sp³-hybridized carbons (Fsp3) is 0.435. The van der Waals surface area contributed by atoms with Crippen LogP contribution >= 0.6 is 0 Å². The zero-order valence-electron chi connectivity index (χ0n) is 19.4. The molecule has 34 heavy (non-hydrogen) atoms. The second kappa shape index (κ2) is 11.3. The number of benzene rings is 2. The molecule has 1 N–H and O–H groups in total. The topological polar surface area (TPSA) is 113 Å². The van der Waals surface area contributed by atoms with Gasteiger partial charge in [0, 0.05) is 19.6 Å². The first-order chi connectivity index (χ1) is 16.1. The van der Waals surface area contributed by atoms with Crippen molar-refractivity contribution in [2.45, 2.75) is 24.7 Å². The zero-order valence-corrected chi connectivity index (χ0v) is 21.1. The van der Waals surface area contributed by atoms with Crippen molar-refractivity contribution in [1.29, 1.82) is 0 Å². The molecular weight excluding hydrogens is 478 g/mol. The molecule has 0 radical (unpaired) electrons. The molecule has 9 nitrogen and oxygen atoms in total. The van der Waals surface area contributed by atoms with Gasteiger partial charge in [-0.15, -0.1) is 0 Å². The van der Waals surface area contributed by atoms with Gasteiger partial charge in [-0.3, -0.25) is 9.10 Å². The number of nitrogens with zero attached hydrogens (tertiary/aromatic N) is 2. The summed E-state index contributed by atoms with van der Waals surface area (Å²) in [6.07, 6.45) is 2.53. The Balaban J connectivity index is 1.60. The Hall–Kier alpha value is -2.47. The van der Waals surface area contributed by atoms with E-state index < -0.39 is 26.0 Å². The van der Waals surface area contributed by atoms with Gasteiger partial charge >= 0.3 is 0 Å². The third-order valence-corrected chi connectivity index (χ3v) is 8.56. The van der Waals surface area contributed by atoms with Gasteiger partial charge in [0.15, 0.2) is 0 Å². The van der Waals surface area contributed by atoms with E-state index in [4.69, 9.17) is 4.74 Å². The molecule has 0 saturated carbocycles. The molecule has 1 heterocycles. The number of ether oxygens (including phenoxy) is 1. The van der Waals surface area contributed by atoms with Crippen LogP contribution in [0.1, 0.15) is 17.5 Å². The molecule has 1 amide bonds. The number of hydrogen-bond donors (Lipinski definition) is 1. The molecule has 0 spiro atoms. The normalized spacial score (nSPS) is 15.1. The van der Waals surface area contributed by atoms with Crippen molar-refractivity contribution >= 4 is 31.6 Å². The molecule has 1 aliphatic heterocycles. The van der Waals surface area contributed by atoms with Crippen LogP contribution in [0.5, 0.6) is 0 Å². The third kappa shape index (κ3) is 7.02. The van der Waals surface area contributed by atoms with E-state index >= 15 is 0 Å². The van der Waals surface area contributed by atoms with E-state index in [-0.39, 0.29) is 30.2 Å². The number of anilines is 1. The molecule has 2 aromatic rings. The van der Waals surface area contributed by atoms with Gasteiger partial charge < -0.3 is 10.1 Å². The molecule has 1 saturated heterocycles. The third-order valence-electron chi connectivity index (χ3n) is 5.51. The van der Waals surface area contributed by atoms with Crippen LogP contribution in [-0.4, -0.2) is 72.7 Å². The molecule has 11 heteroatoms. The predicted molar refractivity (Wildman–Crippen MR) is 131 cm³/mol. The highest BCUT2D eigenvalue weighted by atomic mass is 32.2. The lowest BCUT2D eigenvalue weighted by Crippen LogP contribution is -2.41. The van der Waals surface area contributed by atoms with Gasteiger partial charge in [0.1, 0.15) is 6.54 Å². The van der Waals surface area contributed by atoms with Crippen molar-refractivity contribution in [3.8, 4) is 0 Å². The Morgan fingerprint density at radius 3 is 2.21 bits per heavy atom. The van der Waals surface area contributed by atoms with E-state index in [0.29, 0.717) is 19.8 Å². The summed E-state index contributed by atoms with van der Waals surface area (Å²) in [5, 5.41) is 2.76. The minimum atomic E-state index is -3.76. The van der Waals surface area contributed by atoms with Crippen molar-refractivity contribution < 1.29 is 26.4 Å². The van der Waals surface area contributed by atoms with Gasteiger partial charge in [-0.05, 0) is 49.6 Å². The summed E-state index contributed by atoms with van der Waals surface area (Å²) < 4.78 is 57.8. The molecule has 0 aliphatic carbocycles. The molecule has 186 valence electrons. The van der Waals surface area contributed by atoms with Crippen LogP contribution in [0.25, 0.3) is 0 Å². The average Bonchev–Trinajstić information content (AvgIpc) is 2.81. The van der Waals surface area contributed by atoms with Crippen LogP contribution in [0.4, 0.5) is 5.69 Å². The van der Waals surface area contributed by atoms with Crippen molar-refractivity contribution in [1.82, 2.24) is 9.62 Å². The van der Waals surface area contributed by atoms with E-state index in [9.17, 15) is 21.6 Å². The van der Waals surface area contributed by atoms with Crippen LogP contribution in [0, 0.1) is 6.92 Å². The number of nitrogens with one attached hydrogen (secondary N) is 1. The highest BCUT2D eigenvalue weighted by Crippen LogP contribution is 2.23. The monoisotopic (exact) mass is 509 g/mol. The minimum Gasteiger partial charge on any atom is -0.379 e. The molecule has 0 unspecified atom stereocenters. The second-order valence-corrected chi connectivity index (χ2v) is 12.1.